The van der Waals surface area contributed by atoms with Crippen molar-refractivity contribution in [2.75, 3.05) is 6.54 Å². The molecule has 2 heteroatoms. The van der Waals surface area contributed by atoms with Crippen molar-refractivity contribution in [1.29, 1.82) is 0 Å². The number of aryl methyl sites for hydroxylation is 1. The van der Waals surface area contributed by atoms with Gasteiger partial charge in [-0.1, -0.05) is 44.9 Å². The molecule has 3 rings (SSSR count). The van der Waals surface area contributed by atoms with Gasteiger partial charge < -0.3 is 9.73 Å². The maximum absolute atomic E-state index is 5.96. The summed E-state index contributed by atoms with van der Waals surface area (Å²) >= 11 is 0. The van der Waals surface area contributed by atoms with Crippen LogP contribution in [-0.4, -0.2) is 6.54 Å². The molecule has 0 atom stereocenters. The SMILES string of the molecule is CCc1oc2ccccc2c1CNCC1CCC(C)CC1. The van der Waals surface area contributed by atoms with Gasteiger partial charge in [0.05, 0.1) is 0 Å². The second-order valence-electron chi connectivity index (χ2n) is 6.61. The minimum atomic E-state index is 0.865. The number of nitrogens with one attached hydrogen (secondary N) is 1. The van der Waals surface area contributed by atoms with E-state index in [0.717, 1.165) is 42.7 Å². The molecular weight excluding hydrogens is 258 g/mol. The van der Waals surface area contributed by atoms with Crippen molar-refractivity contribution >= 4 is 11.0 Å². The van der Waals surface area contributed by atoms with E-state index in [2.05, 4.69) is 37.4 Å². The van der Waals surface area contributed by atoms with Crippen LogP contribution in [0.5, 0.6) is 0 Å². The van der Waals surface area contributed by atoms with Gasteiger partial charge in [0.1, 0.15) is 11.3 Å². The van der Waals surface area contributed by atoms with E-state index in [1.165, 1.54) is 36.6 Å². The van der Waals surface area contributed by atoms with E-state index in [1.807, 2.05) is 6.07 Å². The number of rotatable bonds is 5. The molecule has 2 nitrogen and oxygen atoms in total. The highest BCUT2D eigenvalue weighted by Crippen LogP contribution is 2.29. The number of furan rings is 1. The molecule has 1 N–H and O–H groups in total. The Balaban J connectivity index is 1.62. The van der Waals surface area contributed by atoms with Crippen LogP contribution in [0.25, 0.3) is 11.0 Å². The molecule has 0 saturated heterocycles. The third-order valence-corrected chi connectivity index (χ3v) is 4.97. The molecule has 0 radical (unpaired) electrons. The first kappa shape index (κ1) is 14.6. The number of para-hydroxylation sites is 1. The highest BCUT2D eigenvalue weighted by molar-refractivity contribution is 5.82. The Morgan fingerprint density at radius 3 is 2.67 bits per heavy atom. The van der Waals surface area contributed by atoms with Crippen molar-refractivity contribution in [2.24, 2.45) is 11.8 Å². The van der Waals surface area contributed by atoms with Crippen LogP contribution in [0.1, 0.15) is 50.9 Å². The predicted octanol–water partition coefficient (Wildman–Crippen LogP) is 4.91. The van der Waals surface area contributed by atoms with E-state index in [-0.39, 0.29) is 0 Å². The standard InChI is InChI=1S/C19H27NO/c1-3-18-17(16-6-4-5-7-19(16)21-18)13-20-12-15-10-8-14(2)9-11-15/h4-7,14-15,20H,3,8-13H2,1-2H3. The Kier molecular flexibility index (Phi) is 4.64. The lowest BCUT2D eigenvalue weighted by Gasteiger charge is -2.26. The van der Waals surface area contributed by atoms with Crippen LogP contribution >= 0.6 is 0 Å². The van der Waals surface area contributed by atoms with Crippen molar-refractivity contribution in [3.8, 4) is 0 Å². The fourth-order valence-electron chi connectivity index (χ4n) is 3.56. The van der Waals surface area contributed by atoms with E-state index < -0.39 is 0 Å². The highest BCUT2D eigenvalue weighted by Gasteiger charge is 2.18. The lowest BCUT2D eigenvalue weighted by atomic mass is 9.83. The average Bonchev–Trinajstić information content (AvgIpc) is 2.87. The monoisotopic (exact) mass is 285 g/mol. The molecule has 21 heavy (non-hydrogen) atoms. The first-order chi connectivity index (χ1) is 10.3. The molecule has 0 unspecified atom stereocenters. The van der Waals surface area contributed by atoms with Crippen LogP contribution in [0.3, 0.4) is 0 Å². The van der Waals surface area contributed by atoms with Gasteiger partial charge in [-0.05, 0) is 37.3 Å². The van der Waals surface area contributed by atoms with Gasteiger partial charge in [-0.15, -0.1) is 0 Å². The van der Waals surface area contributed by atoms with Crippen LogP contribution in [0.4, 0.5) is 0 Å². The highest BCUT2D eigenvalue weighted by atomic mass is 16.3. The summed E-state index contributed by atoms with van der Waals surface area (Å²) in [6, 6.07) is 8.40. The number of benzene rings is 1. The molecule has 0 aliphatic heterocycles. The zero-order valence-electron chi connectivity index (χ0n) is 13.3. The molecule has 0 spiro atoms. The zero-order chi connectivity index (χ0) is 14.7. The second kappa shape index (κ2) is 6.65. The third-order valence-electron chi connectivity index (χ3n) is 4.97. The van der Waals surface area contributed by atoms with Crippen molar-refractivity contribution in [3.63, 3.8) is 0 Å². The molecule has 1 aromatic heterocycles. The average molecular weight is 285 g/mol. The Morgan fingerprint density at radius 2 is 1.90 bits per heavy atom. The topological polar surface area (TPSA) is 25.2 Å². The van der Waals surface area contributed by atoms with Crippen LogP contribution in [-0.2, 0) is 13.0 Å². The molecular formula is C19H27NO. The molecule has 1 heterocycles. The maximum Gasteiger partial charge on any atom is 0.134 e. The summed E-state index contributed by atoms with van der Waals surface area (Å²) in [5.74, 6) is 2.94. The van der Waals surface area contributed by atoms with Gasteiger partial charge in [0.2, 0.25) is 0 Å². The normalized spacial score (nSPS) is 22.8. The van der Waals surface area contributed by atoms with Crippen molar-refractivity contribution in [2.45, 2.75) is 52.5 Å². The molecule has 0 amide bonds. The molecule has 1 fully saturated rings. The summed E-state index contributed by atoms with van der Waals surface area (Å²) in [6.07, 6.45) is 6.55. The van der Waals surface area contributed by atoms with Gasteiger partial charge in [-0.2, -0.15) is 0 Å². The van der Waals surface area contributed by atoms with Crippen LogP contribution < -0.4 is 5.32 Å². The lowest BCUT2D eigenvalue weighted by Crippen LogP contribution is -2.25. The molecule has 114 valence electrons. The van der Waals surface area contributed by atoms with Crippen molar-refractivity contribution in [1.82, 2.24) is 5.32 Å². The quantitative estimate of drug-likeness (QED) is 0.844. The molecule has 2 aromatic rings. The van der Waals surface area contributed by atoms with Gasteiger partial charge in [0.15, 0.2) is 0 Å². The van der Waals surface area contributed by atoms with E-state index in [1.54, 1.807) is 0 Å². The maximum atomic E-state index is 5.96. The van der Waals surface area contributed by atoms with Gasteiger partial charge in [0.25, 0.3) is 0 Å². The fraction of sp³-hybridized carbons (Fsp3) is 0.579. The lowest BCUT2D eigenvalue weighted by molar-refractivity contribution is 0.281. The number of hydrogen-bond acceptors (Lipinski definition) is 2. The molecule has 1 aliphatic rings. The predicted molar refractivity (Wildman–Crippen MR) is 88.4 cm³/mol. The van der Waals surface area contributed by atoms with E-state index >= 15 is 0 Å². The second-order valence-corrected chi connectivity index (χ2v) is 6.61. The van der Waals surface area contributed by atoms with Crippen LogP contribution in [0.15, 0.2) is 28.7 Å². The van der Waals surface area contributed by atoms with Crippen LogP contribution in [0, 0.1) is 11.8 Å². The number of fused-ring (bicyclic) bond motifs is 1. The Hall–Kier alpha value is -1.28. The van der Waals surface area contributed by atoms with Crippen molar-refractivity contribution in [3.05, 3.63) is 35.6 Å². The third kappa shape index (κ3) is 3.32. The molecule has 1 aromatic carbocycles. The van der Waals surface area contributed by atoms with Gasteiger partial charge >= 0.3 is 0 Å². The van der Waals surface area contributed by atoms with Gasteiger partial charge in [-0.3, -0.25) is 0 Å². The Bertz CT molecular complexity index is 578. The summed E-state index contributed by atoms with van der Waals surface area (Å²) in [6.45, 7) is 6.64. The Labute approximate surface area is 127 Å². The van der Waals surface area contributed by atoms with Gasteiger partial charge in [0, 0.05) is 23.9 Å². The summed E-state index contributed by atoms with van der Waals surface area (Å²) in [5, 5.41) is 4.96. The van der Waals surface area contributed by atoms with E-state index in [0.29, 0.717) is 0 Å². The summed E-state index contributed by atoms with van der Waals surface area (Å²) < 4.78 is 5.96. The summed E-state index contributed by atoms with van der Waals surface area (Å²) in [5.41, 5.74) is 2.38. The Morgan fingerprint density at radius 1 is 1.14 bits per heavy atom. The van der Waals surface area contributed by atoms with E-state index in [4.69, 9.17) is 4.42 Å². The summed E-state index contributed by atoms with van der Waals surface area (Å²) in [4.78, 5) is 0. The first-order valence-electron chi connectivity index (χ1n) is 8.48. The van der Waals surface area contributed by atoms with Crippen LogP contribution in [0.2, 0.25) is 0 Å². The summed E-state index contributed by atoms with van der Waals surface area (Å²) in [7, 11) is 0. The number of hydrogen-bond donors (Lipinski definition) is 1. The molecule has 1 aliphatic carbocycles. The molecule has 1 saturated carbocycles. The van der Waals surface area contributed by atoms with Crippen molar-refractivity contribution < 1.29 is 4.42 Å². The molecule has 0 bridgehead atoms. The fourth-order valence-corrected chi connectivity index (χ4v) is 3.56. The largest absolute Gasteiger partial charge is 0.461 e. The minimum absolute atomic E-state index is 0.865. The van der Waals surface area contributed by atoms with Gasteiger partial charge in [-0.25, -0.2) is 0 Å². The first-order valence-corrected chi connectivity index (χ1v) is 8.48. The minimum Gasteiger partial charge on any atom is -0.461 e. The smallest absolute Gasteiger partial charge is 0.134 e. The zero-order valence-corrected chi connectivity index (χ0v) is 13.3. The van der Waals surface area contributed by atoms with E-state index in [9.17, 15) is 0 Å².